The normalized spacial score (nSPS) is 23.4. The van der Waals surface area contributed by atoms with Crippen LogP contribution < -0.4 is 0 Å². The summed E-state index contributed by atoms with van der Waals surface area (Å²) in [6.07, 6.45) is 1.49. The summed E-state index contributed by atoms with van der Waals surface area (Å²) in [5.41, 5.74) is 0.914. The van der Waals surface area contributed by atoms with Crippen molar-refractivity contribution in [3.05, 3.63) is 34.9 Å². The van der Waals surface area contributed by atoms with Crippen LogP contribution in [-0.4, -0.2) is 28.7 Å². The second kappa shape index (κ2) is 6.07. The van der Waals surface area contributed by atoms with E-state index in [-0.39, 0.29) is 5.91 Å². The summed E-state index contributed by atoms with van der Waals surface area (Å²) in [5, 5.41) is 1.52. The number of nitrogens with zero attached hydrogens (tertiary/aromatic N) is 1. The number of amides is 1. The maximum absolute atomic E-state index is 12.3. The second-order valence-corrected chi connectivity index (χ2v) is 5.90. The molecule has 2 nitrogen and oxygen atoms in total. The summed E-state index contributed by atoms with van der Waals surface area (Å²) < 4.78 is 0. The van der Waals surface area contributed by atoms with Crippen molar-refractivity contribution < 1.29 is 4.79 Å². The Morgan fingerprint density at radius 2 is 2.22 bits per heavy atom. The van der Waals surface area contributed by atoms with E-state index in [1.807, 2.05) is 29.2 Å². The smallest absolute Gasteiger partial charge is 0.227 e. The van der Waals surface area contributed by atoms with Gasteiger partial charge in [-0.05, 0) is 24.0 Å². The number of carbonyl (C=O) groups is 1. The Bertz CT molecular complexity index is 438. The number of likely N-dealkylation sites (tertiary alicyclic amines) is 1. The Labute approximate surface area is 121 Å². The number of alkyl halides is 1. The first kappa shape index (κ1) is 13.9. The minimum atomic E-state index is 0.178. The van der Waals surface area contributed by atoms with Gasteiger partial charge in [0.05, 0.1) is 6.42 Å². The molecule has 1 saturated heterocycles. The molecule has 0 N–H and O–H groups in total. The van der Waals surface area contributed by atoms with Crippen LogP contribution in [0.2, 0.25) is 5.02 Å². The highest BCUT2D eigenvalue weighted by Gasteiger charge is 2.33. The van der Waals surface area contributed by atoms with Gasteiger partial charge in [0.2, 0.25) is 5.91 Å². The maximum atomic E-state index is 12.3. The average molecular weight is 331 g/mol. The van der Waals surface area contributed by atoms with Gasteiger partial charge in [0.25, 0.3) is 0 Å². The molecule has 2 atom stereocenters. The number of carbonyl (C=O) groups excluding carboxylic acids is 1. The van der Waals surface area contributed by atoms with Gasteiger partial charge < -0.3 is 4.90 Å². The Balaban J connectivity index is 2.07. The van der Waals surface area contributed by atoms with E-state index in [1.54, 1.807) is 0 Å². The minimum Gasteiger partial charge on any atom is -0.338 e. The van der Waals surface area contributed by atoms with E-state index < -0.39 is 0 Å². The SMILES string of the molecule is CC1CCN(C(=O)Cc2ccccc2Cl)C1CBr. The minimum absolute atomic E-state index is 0.178. The molecule has 0 aliphatic carbocycles. The lowest BCUT2D eigenvalue weighted by Crippen LogP contribution is -2.39. The van der Waals surface area contributed by atoms with Gasteiger partial charge >= 0.3 is 0 Å². The van der Waals surface area contributed by atoms with Gasteiger partial charge in [-0.3, -0.25) is 4.79 Å². The number of rotatable bonds is 3. The summed E-state index contributed by atoms with van der Waals surface area (Å²) in [7, 11) is 0. The molecule has 1 aromatic carbocycles. The van der Waals surface area contributed by atoms with Gasteiger partial charge in [0.15, 0.2) is 0 Å². The molecule has 4 heteroatoms. The van der Waals surface area contributed by atoms with Crippen LogP contribution in [0.25, 0.3) is 0 Å². The van der Waals surface area contributed by atoms with Crippen LogP contribution in [0, 0.1) is 5.92 Å². The molecule has 1 heterocycles. The lowest BCUT2D eigenvalue weighted by Gasteiger charge is -2.25. The fourth-order valence-corrected chi connectivity index (χ4v) is 3.65. The van der Waals surface area contributed by atoms with Gasteiger partial charge in [-0.25, -0.2) is 0 Å². The van der Waals surface area contributed by atoms with Crippen molar-refractivity contribution in [1.82, 2.24) is 4.90 Å². The van der Waals surface area contributed by atoms with Gasteiger partial charge in [-0.15, -0.1) is 0 Å². The highest BCUT2D eigenvalue weighted by molar-refractivity contribution is 9.09. The predicted octanol–water partition coefficient (Wildman–Crippen LogP) is 3.51. The number of hydrogen-bond donors (Lipinski definition) is 0. The van der Waals surface area contributed by atoms with E-state index in [0.29, 0.717) is 23.4 Å². The Kier molecular flexibility index (Phi) is 4.68. The molecule has 2 unspecified atom stereocenters. The zero-order valence-electron chi connectivity index (χ0n) is 10.4. The largest absolute Gasteiger partial charge is 0.338 e. The molecular formula is C14H17BrClNO. The molecule has 1 amide bonds. The summed E-state index contributed by atoms with van der Waals surface area (Å²) >= 11 is 9.60. The van der Waals surface area contributed by atoms with Crippen LogP contribution in [0.15, 0.2) is 24.3 Å². The quantitative estimate of drug-likeness (QED) is 0.777. The monoisotopic (exact) mass is 329 g/mol. The second-order valence-electron chi connectivity index (χ2n) is 4.84. The average Bonchev–Trinajstić information content (AvgIpc) is 2.73. The van der Waals surface area contributed by atoms with Crippen LogP contribution in [0.4, 0.5) is 0 Å². The van der Waals surface area contributed by atoms with Gasteiger partial charge in [-0.2, -0.15) is 0 Å². The first-order chi connectivity index (χ1) is 8.63. The summed E-state index contributed by atoms with van der Waals surface area (Å²) in [5.74, 6) is 0.747. The number of halogens is 2. The highest BCUT2D eigenvalue weighted by Crippen LogP contribution is 2.26. The van der Waals surface area contributed by atoms with Crippen LogP contribution in [-0.2, 0) is 11.2 Å². The van der Waals surface area contributed by atoms with Gasteiger partial charge in [0, 0.05) is 22.9 Å². The van der Waals surface area contributed by atoms with Gasteiger partial charge in [-0.1, -0.05) is 52.7 Å². The lowest BCUT2D eigenvalue weighted by atomic mass is 10.0. The van der Waals surface area contributed by atoms with Crippen molar-refractivity contribution in [2.24, 2.45) is 5.92 Å². The molecule has 0 saturated carbocycles. The third-order valence-electron chi connectivity index (χ3n) is 3.66. The molecule has 1 aliphatic rings. The standard InChI is InChI=1S/C14H17BrClNO/c1-10-6-7-17(13(10)9-15)14(18)8-11-4-2-3-5-12(11)16/h2-5,10,13H,6-9H2,1H3. The molecule has 1 aromatic rings. The van der Waals surface area contributed by atoms with Crippen LogP contribution in [0.1, 0.15) is 18.9 Å². The third-order valence-corrected chi connectivity index (χ3v) is 4.69. The molecule has 0 aromatic heterocycles. The lowest BCUT2D eigenvalue weighted by molar-refractivity contribution is -0.131. The Morgan fingerprint density at radius 1 is 1.50 bits per heavy atom. The molecule has 0 spiro atoms. The molecule has 0 radical (unpaired) electrons. The first-order valence-corrected chi connectivity index (χ1v) is 7.72. The molecule has 1 aliphatic heterocycles. The summed E-state index contributed by atoms with van der Waals surface area (Å²) in [4.78, 5) is 14.3. The summed E-state index contributed by atoms with van der Waals surface area (Å²) in [6.45, 7) is 3.06. The molecule has 2 rings (SSSR count). The van der Waals surface area contributed by atoms with E-state index >= 15 is 0 Å². The summed E-state index contributed by atoms with van der Waals surface area (Å²) in [6, 6.07) is 7.88. The van der Waals surface area contributed by atoms with Crippen LogP contribution in [0.5, 0.6) is 0 Å². The predicted molar refractivity (Wildman–Crippen MR) is 78.2 cm³/mol. The van der Waals surface area contributed by atoms with E-state index in [4.69, 9.17) is 11.6 Å². The van der Waals surface area contributed by atoms with Crippen LogP contribution >= 0.6 is 27.5 Å². The Morgan fingerprint density at radius 3 is 2.89 bits per heavy atom. The van der Waals surface area contributed by atoms with Crippen molar-refractivity contribution in [1.29, 1.82) is 0 Å². The van der Waals surface area contributed by atoms with E-state index in [1.165, 1.54) is 0 Å². The molecular weight excluding hydrogens is 314 g/mol. The molecule has 0 bridgehead atoms. The van der Waals surface area contributed by atoms with Crippen LogP contribution in [0.3, 0.4) is 0 Å². The van der Waals surface area contributed by atoms with Gasteiger partial charge in [0.1, 0.15) is 0 Å². The molecule has 98 valence electrons. The van der Waals surface area contributed by atoms with Crippen molar-refractivity contribution in [3.63, 3.8) is 0 Å². The highest BCUT2D eigenvalue weighted by atomic mass is 79.9. The number of benzene rings is 1. The third kappa shape index (κ3) is 2.89. The molecule has 1 fully saturated rings. The topological polar surface area (TPSA) is 20.3 Å². The Hall–Kier alpha value is -0.540. The van der Waals surface area contributed by atoms with Crippen molar-refractivity contribution >= 4 is 33.4 Å². The first-order valence-electron chi connectivity index (χ1n) is 6.22. The fraction of sp³-hybridized carbons (Fsp3) is 0.500. The van der Waals surface area contributed by atoms with Crippen molar-refractivity contribution in [2.45, 2.75) is 25.8 Å². The van der Waals surface area contributed by atoms with E-state index in [2.05, 4.69) is 22.9 Å². The van der Waals surface area contributed by atoms with E-state index in [0.717, 1.165) is 23.9 Å². The zero-order chi connectivity index (χ0) is 13.1. The zero-order valence-corrected chi connectivity index (χ0v) is 12.7. The maximum Gasteiger partial charge on any atom is 0.227 e. The van der Waals surface area contributed by atoms with E-state index in [9.17, 15) is 4.79 Å². The molecule has 18 heavy (non-hydrogen) atoms. The van der Waals surface area contributed by atoms with Crippen molar-refractivity contribution in [2.75, 3.05) is 11.9 Å². The van der Waals surface area contributed by atoms with Crippen molar-refractivity contribution in [3.8, 4) is 0 Å². The number of hydrogen-bond acceptors (Lipinski definition) is 1. The fourth-order valence-electron chi connectivity index (χ4n) is 2.46.